The highest BCUT2D eigenvalue weighted by Gasteiger charge is 2.17. The van der Waals surface area contributed by atoms with E-state index < -0.39 is 11.0 Å². The number of amides is 1. The van der Waals surface area contributed by atoms with E-state index in [2.05, 4.69) is 10.2 Å². The van der Waals surface area contributed by atoms with Crippen LogP contribution in [0.3, 0.4) is 0 Å². The molecule has 0 aliphatic heterocycles. The molecule has 36 heavy (non-hydrogen) atoms. The SMILES string of the molecule is COc1cc(C)c(S(=O)N(C)CCOCC(=O)N(C)Cc2ccc(NCCN(C)C)c(Cl)c2)c(C)c1. The Morgan fingerprint density at radius 3 is 2.31 bits per heavy atom. The smallest absolute Gasteiger partial charge is 0.248 e. The number of methoxy groups -OCH3 is 1. The van der Waals surface area contributed by atoms with Crippen molar-refractivity contribution in [2.24, 2.45) is 0 Å². The zero-order valence-corrected chi connectivity index (χ0v) is 24.0. The van der Waals surface area contributed by atoms with Gasteiger partial charge in [0, 0.05) is 40.3 Å². The number of anilines is 1. The number of carbonyl (C=O) groups excluding carboxylic acids is 1. The molecule has 0 bridgehead atoms. The van der Waals surface area contributed by atoms with Crippen molar-refractivity contribution in [2.75, 3.05) is 73.5 Å². The first kappa shape index (κ1) is 30.1. The minimum absolute atomic E-state index is 0.0462. The Balaban J connectivity index is 1.79. The van der Waals surface area contributed by atoms with E-state index in [1.165, 1.54) is 0 Å². The third kappa shape index (κ3) is 9.05. The molecule has 200 valence electrons. The maximum atomic E-state index is 13.0. The van der Waals surface area contributed by atoms with Gasteiger partial charge in [-0.05, 0) is 68.9 Å². The average Bonchev–Trinajstić information content (AvgIpc) is 2.81. The molecule has 2 aromatic rings. The van der Waals surface area contributed by atoms with Gasteiger partial charge in [0.15, 0.2) is 0 Å². The van der Waals surface area contributed by atoms with Gasteiger partial charge in [0.1, 0.15) is 23.3 Å². The van der Waals surface area contributed by atoms with Crippen molar-refractivity contribution in [3.05, 3.63) is 52.0 Å². The average molecular weight is 539 g/mol. The zero-order valence-electron chi connectivity index (χ0n) is 22.4. The summed E-state index contributed by atoms with van der Waals surface area (Å²) < 4.78 is 25.6. The maximum absolute atomic E-state index is 13.0. The second-order valence-corrected chi connectivity index (χ2v) is 11.0. The molecule has 1 atom stereocenters. The Bertz CT molecular complexity index is 1030. The third-order valence-corrected chi connectivity index (χ3v) is 7.71. The van der Waals surface area contributed by atoms with Crippen molar-refractivity contribution < 1.29 is 18.5 Å². The third-order valence-electron chi connectivity index (χ3n) is 5.66. The number of halogens is 1. The van der Waals surface area contributed by atoms with E-state index in [1.807, 2.05) is 58.3 Å². The van der Waals surface area contributed by atoms with Gasteiger partial charge in [0.25, 0.3) is 0 Å². The number of hydrogen-bond acceptors (Lipinski definition) is 6. The lowest BCUT2D eigenvalue weighted by Crippen LogP contribution is -2.32. The number of nitrogens with one attached hydrogen (secondary N) is 1. The highest BCUT2D eigenvalue weighted by atomic mass is 35.5. The van der Waals surface area contributed by atoms with E-state index in [1.54, 1.807) is 30.4 Å². The number of nitrogens with zero attached hydrogens (tertiary/aromatic N) is 3. The molecular weight excluding hydrogens is 500 g/mol. The summed E-state index contributed by atoms with van der Waals surface area (Å²) in [5.74, 6) is 0.610. The lowest BCUT2D eigenvalue weighted by atomic mass is 10.1. The largest absolute Gasteiger partial charge is 0.497 e. The van der Waals surface area contributed by atoms with Crippen molar-refractivity contribution >= 4 is 34.2 Å². The summed E-state index contributed by atoms with van der Waals surface area (Å²) in [6.45, 7) is 6.64. The van der Waals surface area contributed by atoms with Crippen LogP contribution in [-0.2, 0) is 27.1 Å². The number of aryl methyl sites for hydroxylation is 2. The molecule has 0 fully saturated rings. The molecular formula is C26H39ClN4O4S. The molecule has 0 aromatic heterocycles. The predicted octanol–water partition coefficient (Wildman–Crippen LogP) is 3.57. The van der Waals surface area contributed by atoms with Gasteiger partial charge >= 0.3 is 0 Å². The highest BCUT2D eigenvalue weighted by Crippen LogP contribution is 2.26. The molecule has 0 heterocycles. The lowest BCUT2D eigenvalue weighted by Gasteiger charge is -2.20. The standard InChI is InChI=1S/C26H39ClN4O4S/c1-19-14-22(34-7)15-20(2)26(19)36(33)31(6)12-13-35-18-25(32)30(5)17-21-8-9-24(23(27)16-21)28-10-11-29(3)4/h8-9,14-16,28H,10-13,17-18H2,1-7H3. The zero-order chi connectivity index (χ0) is 26.8. The Labute approximate surface area is 223 Å². The molecule has 10 heteroatoms. The van der Waals surface area contributed by atoms with Crippen molar-refractivity contribution in [3.8, 4) is 5.75 Å². The van der Waals surface area contributed by atoms with Crippen LogP contribution in [-0.4, -0.2) is 92.4 Å². The van der Waals surface area contributed by atoms with Gasteiger partial charge in [0.2, 0.25) is 5.91 Å². The van der Waals surface area contributed by atoms with Crippen molar-refractivity contribution in [3.63, 3.8) is 0 Å². The van der Waals surface area contributed by atoms with Crippen LogP contribution in [0.15, 0.2) is 35.2 Å². The van der Waals surface area contributed by atoms with Crippen LogP contribution in [0.4, 0.5) is 5.69 Å². The van der Waals surface area contributed by atoms with Crippen molar-refractivity contribution in [2.45, 2.75) is 25.3 Å². The summed E-state index contributed by atoms with van der Waals surface area (Å²) in [5, 5.41) is 3.94. The van der Waals surface area contributed by atoms with E-state index in [-0.39, 0.29) is 19.1 Å². The van der Waals surface area contributed by atoms with Crippen LogP contribution >= 0.6 is 11.6 Å². The second-order valence-electron chi connectivity index (χ2n) is 9.04. The summed E-state index contributed by atoms with van der Waals surface area (Å²) in [6.07, 6.45) is 0. The summed E-state index contributed by atoms with van der Waals surface area (Å²) in [6, 6.07) is 9.52. The van der Waals surface area contributed by atoms with E-state index in [0.717, 1.165) is 46.1 Å². The van der Waals surface area contributed by atoms with E-state index >= 15 is 0 Å². The first-order valence-electron chi connectivity index (χ1n) is 11.8. The van der Waals surface area contributed by atoms with E-state index in [0.29, 0.717) is 18.1 Å². The molecule has 1 amide bonds. The molecule has 8 nitrogen and oxygen atoms in total. The van der Waals surface area contributed by atoms with Gasteiger partial charge in [-0.3, -0.25) is 4.79 Å². The fourth-order valence-corrected chi connectivity index (χ4v) is 5.07. The quantitative estimate of drug-likeness (QED) is 0.371. The molecule has 1 unspecified atom stereocenters. The fourth-order valence-electron chi connectivity index (χ4n) is 3.58. The monoisotopic (exact) mass is 538 g/mol. The van der Waals surface area contributed by atoms with Gasteiger partial charge in [-0.2, -0.15) is 0 Å². The summed E-state index contributed by atoms with van der Waals surface area (Å²) in [7, 11) is 7.83. The Kier molecular flexibility index (Phi) is 12.1. The molecule has 0 saturated carbocycles. The van der Waals surface area contributed by atoms with Gasteiger partial charge in [0.05, 0.1) is 29.3 Å². The molecule has 0 saturated heterocycles. The van der Waals surface area contributed by atoms with Crippen LogP contribution in [0.2, 0.25) is 5.02 Å². The Morgan fingerprint density at radius 2 is 1.72 bits per heavy atom. The van der Waals surface area contributed by atoms with Crippen molar-refractivity contribution in [1.82, 2.24) is 14.1 Å². The second kappa shape index (κ2) is 14.5. The van der Waals surface area contributed by atoms with Crippen LogP contribution in [0.1, 0.15) is 16.7 Å². The minimum atomic E-state index is -1.34. The molecule has 0 spiro atoms. The van der Waals surface area contributed by atoms with Gasteiger partial charge in [-0.1, -0.05) is 17.7 Å². The molecule has 1 N–H and O–H groups in total. The van der Waals surface area contributed by atoms with Gasteiger partial charge in [-0.15, -0.1) is 0 Å². The maximum Gasteiger partial charge on any atom is 0.248 e. The number of ether oxygens (including phenoxy) is 2. The van der Waals surface area contributed by atoms with Crippen molar-refractivity contribution in [1.29, 1.82) is 0 Å². The first-order valence-corrected chi connectivity index (χ1v) is 13.3. The predicted molar refractivity (Wildman–Crippen MR) is 147 cm³/mol. The van der Waals surface area contributed by atoms with E-state index in [4.69, 9.17) is 21.1 Å². The fraction of sp³-hybridized carbons (Fsp3) is 0.500. The summed E-state index contributed by atoms with van der Waals surface area (Å²) >= 11 is 6.40. The number of carbonyl (C=O) groups is 1. The number of hydrogen-bond donors (Lipinski definition) is 1. The molecule has 0 aliphatic carbocycles. The van der Waals surface area contributed by atoms with Crippen LogP contribution in [0.25, 0.3) is 0 Å². The Hall–Kier alpha value is -2.17. The molecule has 2 aromatic carbocycles. The summed E-state index contributed by atoms with van der Waals surface area (Å²) in [5.41, 5.74) is 3.63. The topological polar surface area (TPSA) is 74.3 Å². The van der Waals surface area contributed by atoms with E-state index in [9.17, 15) is 9.00 Å². The molecule has 0 aliphatic rings. The lowest BCUT2D eigenvalue weighted by molar-refractivity contribution is -0.135. The number of likely N-dealkylation sites (N-methyl/N-ethyl adjacent to an activating group) is 3. The first-order chi connectivity index (χ1) is 17.0. The van der Waals surface area contributed by atoms with Gasteiger partial charge in [-0.25, -0.2) is 8.51 Å². The normalized spacial score (nSPS) is 12.2. The Morgan fingerprint density at radius 1 is 1.06 bits per heavy atom. The van der Waals surface area contributed by atoms with Crippen LogP contribution < -0.4 is 10.1 Å². The van der Waals surface area contributed by atoms with Crippen LogP contribution in [0.5, 0.6) is 5.75 Å². The van der Waals surface area contributed by atoms with Crippen LogP contribution in [0, 0.1) is 13.8 Å². The minimum Gasteiger partial charge on any atom is -0.497 e. The summed E-state index contributed by atoms with van der Waals surface area (Å²) in [4.78, 5) is 17.0. The highest BCUT2D eigenvalue weighted by molar-refractivity contribution is 7.82. The molecule has 0 radical (unpaired) electrons. The number of benzene rings is 2. The number of rotatable bonds is 14. The van der Waals surface area contributed by atoms with Gasteiger partial charge < -0.3 is 24.6 Å². The molecule has 2 rings (SSSR count).